The van der Waals surface area contributed by atoms with Crippen LogP contribution in [0.3, 0.4) is 0 Å². The predicted molar refractivity (Wildman–Crippen MR) is 64.1 cm³/mol. The van der Waals surface area contributed by atoms with Gasteiger partial charge in [-0.15, -0.1) is 0 Å². The summed E-state index contributed by atoms with van der Waals surface area (Å²) in [7, 11) is 0. The lowest BCUT2D eigenvalue weighted by Crippen LogP contribution is -2.19. The van der Waals surface area contributed by atoms with E-state index in [0.717, 1.165) is 22.3 Å². The molecule has 2 rings (SSSR count). The van der Waals surface area contributed by atoms with Gasteiger partial charge in [0.2, 0.25) is 0 Å². The van der Waals surface area contributed by atoms with Crippen LogP contribution in [-0.4, -0.2) is 11.7 Å². The molecule has 86 valence electrons. The highest BCUT2D eigenvalue weighted by atomic mass is 16.3. The van der Waals surface area contributed by atoms with Gasteiger partial charge in [0.15, 0.2) is 0 Å². The fourth-order valence-electron chi connectivity index (χ4n) is 1.97. The Balaban J connectivity index is 2.54. The van der Waals surface area contributed by atoms with E-state index >= 15 is 0 Å². The van der Waals surface area contributed by atoms with Crippen molar-refractivity contribution in [3.05, 3.63) is 35.6 Å². The molecule has 1 aromatic carbocycles. The Morgan fingerprint density at radius 3 is 2.75 bits per heavy atom. The number of aliphatic hydroxyl groups is 1. The van der Waals surface area contributed by atoms with E-state index in [-0.39, 0.29) is 5.92 Å². The third-order valence-electron chi connectivity index (χ3n) is 3.03. The second-order valence-electron chi connectivity index (χ2n) is 4.23. The maximum atomic E-state index is 10.2. The summed E-state index contributed by atoms with van der Waals surface area (Å²) in [6.07, 6.45) is -0.561. The molecule has 3 heteroatoms. The minimum Gasteiger partial charge on any atom is -0.461 e. The first kappa shape index (κ1) is 11.2. The third-order valence-corrected chi connectivity index (χ3v) is 3.03. The van der Waals surface area contributed by atoms with Gasteiger partial charge in [-0.2, -0.15) is 0 Å². The van der Waals surface area contributed by atoms with E-state index in [1.54, 1.807) is 0 Å². The Labute approximate surface area is 94.9 Å². The molecule has 0 radical (unpaired) electrons. The van der Waals surface area contributed by atoms with Crippen molar-refractivity contribution in [2.24, 2.45) is 11.7 Å². The average Bonchev–Trinajstić information content (AvgIpc) is 2.63. The van der Waals surface area contributed by atoms with Crippen LogP contribution in [0.5, 0.6) is 0 Å². The Kier molecular flexibility index (Phi) is 2.99. The normalized spacial score (nSPS) is 15.2. The molecular weight excluding hydrogens is 202 g/mol. The molecule has 0 spiro atoms. The standard InChI is InChI=1S/C13H17NO2/c1-8(7-14)13(15)12-9(2)16-11-6-4-3-5-10(11)12/h3-6,8,13,15H,7,14H2,1-2H3. The number of nitrogens with two attached hydrogens (primary N) is 1. The minimum absolute atomic E-state index is 0.0275. The highest BCUT2D eigenvalue weighted by Crippen LogP contribution is 2.33. The van der Waals surface area contributed by atoms with Crippen LogP contribution in [0.1, 0.15) is 24.4 Å². The smallest absolute Gasteiger partial charge is 0.134 e. The summed E-state index contributed by atoms with van der Waals surface area (Å²) in [5.74, 6) is 0.800. The maximum absolute atomic E-state index is 10.2. The molecule has 3 nitrogen and oxygen atoms in total. The van der Waals surface area contributed by atoms with E-state index in [0.29, 0.717) is 6.54 Å². The first-order chi connectivity index (χ1) is 7.65. The summed E-state index contributed by atoms with van der Waals surface area (Å²) in [6.45, 7) is 4.27. The van der Waals surface area contributed by atoms with Crippen LogP contribution >= 0.6 is 0 Å². The van der Waals surface area contributed by atoms with E-state index in [2.05, 4.69) is 0 Å². The summed E-state index contributed by atoms with van der Waals surface area (Å²) in [5.41, 5.74) is 7.27. The molecule has 0 fully saturated rings. The average molecular weight is 219 g/mol. The summed E-state index contributed by atoms with van der Waals surface area (Å²) in [5, 5.41) is 11.2. The first-order valence-corrected chi connectivity index (χ1v) is 5.51. The van der Waals surface area contributed by atoms with Crippen LogP contribution in [-0.2, 0) is 0 Å². The molecule has 0 aliphatic heterocycles. The van der Waals surface area contributed by atoms with Crippen LogP contribution < -0.4 is 5.73 Å². The number of hydrogen-bond donors (Lipinski definition) is 2. The topological polar surface area (TPSA) is 59.4 Å². The monoisotopic (exact) mass is 219 g/mol. The second kappa shape index (κ2) is 4.28. The van der Waals surface area contributed by atoms with Crippen LogP contribution in [0.15, 0.2) is 28.7 Å². The van der Waals surface area contributed by atoms with Crippen LogP contribution in [0.4, 0.5) is 0 Å². The SMILES string of the molecule is Cc1oc2ccccc2c1C(O)C(C)CN. The van der Waals surface area contributed by atoms with E-state index < -0.39 is 6.10 Å². The molecule has 1 heterocycles. The Bertz CT molecular complexity index is 490. The van der Waals surface area contributed by atoms with Crippen molar-refractivity contribution in [2.45, 2.75) is 20.0 Å². The van der Waals surface area contributed by atoms with Gasteiger partial charge < -0.3 is 15.3 Å². The van der Waals surface area contributed by atoms with Crippen molar-refractivity contribution in [1.82, 2.24) is 0 Å². The molecular formula is C13H17NO2. The minimum atomic E-state index is -0.561. The van der Waals surface area contributed by atoms with E-state index in [1.807, 2.05) is 38.1 Å². The molecule has 3 N–H and O–H groups in total. The Hall–Kier alpha value is -1.32. The zero-order valence-corrected chi connectivity index (χ0v) is 9.60. The fraction of sp³-hybridized carbons (Fsp3) is 0.385. The van der Waals surface area contributed by atoms with Crippen molar-refractivity contribution < 1.29 is 9.52 Å². The third kappa shape index (κ3) is 1.72. The molecule has 0 bridgehead atoms. The van der Waals surface area contributed by atoms with Gasteiger partial charge >= 0.3 is 0 Å². The van der Waals surface area contributed by atoms with Crippen molar-refractivity contribution in [2.75, 3.05) is 6.54 Å². The molecule has 0 saturated carbocycles. The molecule has 16 heavy (non-hydrogen) atoms. The van der Waals surface area contributed by atoms with Gasteiger partial charge in [0.25, 0.3) is 0 Å². The lowest BCUT2D eigenvalue weighted by atomic mass is 9.95. The largest absolute Gasteiger partial charge is 0.461 e. The Morgan fingerprint density at radius 2 is 2.06 bits per heavy atom. The van der Waals surface area contributed by atoms with Crippen molar-refractivity contribution in [3.8, 4) is 0 Å². The number of rotatable bonds is 3. The molecule has 0 saturated heterocycles. The van der Waals surface area contributed by atoms with E-state index in [9.17, 15) is 5.11 Å². The Morgan fingerprint density at radius 1 is 1.38 bits per heavy atom. The number of para-hydroxylation sites is 1. The van der Waals surface area contributed by atoms with Gasteiger partial charge in [-0.1, -0.05) is 25.1 Å². The maximum Gasteiger partial charge on any atom is 0.134 e. The summed E-state index contributed by atoms with van der Waals surface area (Å²) < 4.78 is 5.61. The molecule has 0 aliphatic carbocycles. The molecule has 0 amide bonds. The lowest BCUT2D eigenvalue weighted by Gasteiger charge is -2.16. The van der Waals surface area contributed by atoms with Gasteiger partial charge in [0.1, 0.15) is 11.3 Å². The molecule has 2 aromatic rings. The summed E-state index contributed by atoms with van der Waals surface area (Å²) >= 11 is 0. The van der Waals surface area contributed by atoms with Crippen LogP contribution in [0.2, 0.25) is 0 Å². The van der Waals surface area contributed by atoms with Gasteiger partial charge in [-0.05, 0) is 25.5 Å². The van der Waals surface area contributed by atoms with E-state index in [1.165, 1.54) is 0 Å². The number of fused-ring (bicyclic) bond motifs is 1. The van der Waals surface area contributed by atoms with E-state index in [4.69, 9.17) is 10.2 Å². The molecule has 2 atom stereocenters. The van der Waals surface area contributed by atoms with Crippen LogP contribution in [0, 0.1) is 12.8 Å². The molecule has 1 aromatic heterocycles. The van der Waals surface area contributed by atoms with Gasteiger partial charge in [-0.25, -0.2) is 0 Å². The number of aliphatic hydroxyl groups excluding tert-OH is 1. The van der Waals surface area contributed by atoms with Crippen molar-refractivity contribution in [3.63, 3.8) is 0 Å². The van der Waals surface area contributed by atoms with Crippen LogP contribution in [0.25, 0.3) is 11.0 Å². The molecule has 2 unspecified atom stereocenters. The molecule has 0 aliphatic rings. The van der Waals surface area contributed by atoms with Gasteiger partial charge in [0.05, 0.1) is 6.10 Å². The van der Waals surface area contributed by atoms with Gasteiger partial charge in [-0.3, -0.25) is 0 Å². The van der Waals surface area contributed by atoms with Crippen molar-refractivity contribution in [1.29, 1.82) is 0 Å². The zero-order chi connectivity index (χ0) is 11.7. The highest BCUT2D eigenvalue weighted by molar-refractivity contribution is 5.82. The number of aryl methyl sites for hydroxylation is 1. The highest BCUT2D eigenvalue weighted by Gasteiger charge is 2.22. The quantitative estimate of drug-likeness (QED) is 0.833. The number of hydrogen-bond acceptors (Lipinski definition) is 3. The lowest BCUT2D eigenvalue weighted by molar-refractivity contribution is 0.121. The second-order valence-corrected chi connectivity index (χ2v) is 4.23. The predicted octanol–water partition coefficient (Wildman–Crippen LogP) is 2.37. The van der Waals surface area contributed by atoms with Crippen molar-refractivity contribution >= 4 is 11.0 Å². The summed E-state index contributed by atoms with van der Waals surface area (Å²) in [4.78, 5) is 0. The zero-order valence-electron chi connectivity index (χ0n) is 9.60. The fourth-order valence-corrected chi connectivity index (χ4v) is 1.97. The summed E-state index contributed by atoms with van der Waals surface area (Å²) in [6, 6.07) is 7.74. The number of furan rings is 1. The first-order valence-electron chi connectivity index (χ1n) is 5.51. The van der Waals surface area contributed by atoms with Gasteiger partial charge in [0, 0.05) is 10.9 Å². The number of benzene rings is 1.